The second kappa shape index (κ2) is 5.59. The lowest BCUT2D eigenvalue weighted by molar-refractivity contribution is -0.144. The molecule has 1 aromatic rings. The molecule has 0 aliphatic heterocycles. The van der Waals surface area contributed by atoms with Crippen molar-refractivity contribution in [3.05, 3.63) is 11.1 Å². The first kappa shape index (κ1) is 13.8. The second-order valence-corrected chi connectivity index (χ2v) is 7.11. The van der Waals surface area contributed by atoms with Gasteiger partial charge >= 0.3 is 5.97 Å². The van der Waals surface area contributed by atoms with Crippen LogP contribution in [0.4, 0.5) is 0 Å². The molecule has 1 saturated carbocycles. The molecule has 0 bridgehead atoms. The monoisotopic (exact) mass is 286 g/mol. The average molecular weight is 286 g/mol. The Morgan fingerprint density at radius 3 is 2.94 bits per heavy atom. The number of thioether (sulfide) groups is 1. The maximum Gasteiger partial charge on any atom is 0.323 e. The number of nitrogens with zero attached hydrogens (tertiary/aromatic N) is 1. The van der Waals surface area contributed by atoms with Gasteiger partial charge in [0.2, 0.25) is 0 Å². The molecule has 1 unspecified atom stereocenters. The van der Waals surface area contributed by atoms with Gasteiger partial charge in [-0.05, 0) is 33.1 Å². The standard InChI is InChI=1S/C12H18N2O2S2/c1-8-7-18-11(13-8)17-6-5-12(2,10(15)16)14-9-3-4-9/h7,9,14H,3-6H2,1-2H3,(H,15,16). The Bertz CT molecular complexity index is 431. The van der Waals surface area contributed by atoms with Crippen LogP contribution in [0.3, 0.4) is 0 Å². The smallest absolute Gasteiger partial charge is 0.323 e. The summed E-state index contributed by atoms with van der Waals surface area (Å²) in [4.78, 5) is 15.7. The van der Waals surface area contributed by atoms with Crippen molar-refractivity contribution in [1.29, 1.82) is 0 Å². The highest BCUT2D eigenvalue weighted by atomic mass is 32.2. The van der Waals surface area contributed by atoms with Crippen molar-refractivity contribution >= 4 is 29.1 Å². The van der Waals surface area contributed by atoms with Gasteiger partial charge in [0.1, 0.15) is 9.88 Å². The van der Waals surface area contributed by atoms with Crippen molar-refractivity contribution in [2.24, 2.45) is 0 Å². The fourth-order valence-electron chi connectivity index (χ4n) is 1.66. The minimum absolute atomic E-state index is 0.401. The van der Waals surface area contributed by atoms with E-state index in [1.54, 1.807) is 30.0 Å². The van der Waals surface area contributed by atoms with Crippen molar-refractivity contribution in [3.63, 3.8) is 0 Å². The number of hydrogen-bond donors (Lipinski definition) is 2. The van der Waals surface area contributed by atoms with Crippen LogP contribution in [0.25, 0.3) is 0 Å². The molecule has 1 heterocycles. The molecule has 0 radical (unpaired) electrons. The van der Waals surface area contributed by atoms with Crippen molar-refractivity contribution in [1.82, 2.24) is 10.3 Å². The van der Waals surface area contributed by atoms with Gasteiger partial charge in [-0.15, -0.1) is 11.3 Å². The quantitative estimate of drug-likeness (QED) is 0.754. The van der Waals surface area contributed by atoms with E-state index < -0.39 is 11.5 Å². The van der Waals surface area contributed by atoms with Gasteiger partial charge < -0.3 is 5.11 Å². The largest absolute Gasteiger partial charge is 0.480 e. The molecule has 1 aliphatic carbocycles. The van der Waals surface area contributed by atoms with E-state index in [9.17, 15) is 9.90 Å². The Kier molecular flexibility index (Phi) is 4.29. The summed E-state index contributed by atoms with van der Waals surface area (Å²) in [5.74, 6) is 0.0143. The molecule has 4 nitrogen and oxygen atoms in total. The zero-order valence-corrected chi connectivity index (χ0v) is 12.2. The van der Waals surface area contributed by atoms with Gasteiger partial charge in [-0.25, -0.2) is 4.98 Å². The normalized spacial score (nSPS) is 18.6. The third kappa shape index (κ3) is 3.70. The van der Waals surface area contributed by atoms with Crippen LogP contribution in [-0.2, 0) is 4.79 Å². The summed E-state index contributed by atoms with van der Waals surface area (Å²) in [6.45, 7) is 3.75. The molecule has 1 aromatic heterocycles. The first-order valence-electron chi connectivity index (χ1n) is 6.05. The van der Waals surface area contributed by atoms with Crippen molar-refractivity contribution in [3.8, 4) is 0 Å². The molecule has 1 fully saturated rings. The number of rotatable bonds is 7. The fourth-order valence-corrected chi connectivity index (χ4v) is 3.74. The van der Waals surface area contributed by atoms with Gasteiger partial charge in [0.15, 0.2) is 0 Å². The molecule has 0 amide bonds. The summed E-state index contributed by atoms with van der Waals surface area (Å²) < 4.78 is 1.02. The molecule has 1 aliphatic rings. The Balaban J connectivity index is 1.83. The molecular weight excluding hydrogens is 268 g/mol. The Hall–Kier alpha value is -0.590. The average Bonchev–Trinajstić information content (AvgIpc) is 3.00. The van der Waals surface area contributed by atoms with E-state index in [4.69, 9.17) is 0 Å². The number of aryl methyl sites for hydroxylation is 1. The minimum atomic E-state index is -0.805. The van der Waals surface area contributed by atoms with Crippen LogP contribution in [0, 0.1) is 6.92 Å². The fraction of sp³-hybridized carbons (Fsp3) is 0.667. The van der Waals surface area contributed by atoms with Gasteiger partial charge in [0.25, 0.3) is 0 Å². The predicted octanol–water partition coefficient (Wildman–Crippen LogP) is 2.53. The third-order valence-electron chi connectivity index (χ3n) is 3.00. The van der Waals surface area contributed by atoms with Crippen molar-refractivity contribution < 1.29 is 9.90 Å². The molecule has 2 rings (SSSR count). The summed E-state index contributed by atoms with van der Waals surface area (Å²) >= 11 is 3.26. The van der Waals surface area contributed by atoms with Gasteiger partial charge in [0, 0.05) is 22.9 Å². The number of thiazole rings is 1. The lowest BCUT2D eigenvalue weighted by Gasteiger charge is -2.26. The van der Waals surface area contributed by atoms with E-state index in [-0.39, 0.29) is 0 Å². The molecule has 1 atom stereocenters. The summed E-state index contributed by atoms with van der Waals surface area (Å²) in [5, 5.41) is 14.6. The van der Waals surface area contributed by atoms with Gasteiger partial charge in [0.05, 0.1) is 0 Å². The van der Waals surface area contributed by atoms with E-state index >= 15 is 0 Å². The highest BCUT2D eigenvalue weighted by molar-refractivity contribution is 8.01. The maximum absolute atomic E-state index is 11.3. The third-order valence-corrected chi connectivity index (χ3v) is 5.14. The van der Waals surface area contributed by atoms with E-state index in [1.807, 2.05) is 12.3 Å². The maximum atomic E-state index is 11.3. The van der Waals surface area contributed by atoms with Crippen molar-refractivity contribution in [2.45, 2.75) is 49.0 Å². The summed E-state index contributed by atoms with van der Waals surface area (Å²) in [6.07, 6.45) is 2.81. The molecule has 18 heavy (non-hydrogen) atoms. The first-order valence-corrected chi connectivity index (χ1v) is 7.92. The number of nitrogens with one attached hydrogen (secondary N) is 1. The number of carboxylic acid groups (broad SMARTS) is 1. The predicted molar refractivity (Wildman–Crippen MR) is 74.4 cm³/mol. The lowest BCUT2D eigenvalue weighted by Crippen LogP contribution is -2.50. The SMILES string of the molecule is Cc1csc(SCCC(C)(NC2CC2)C(=O)O)n1. The molecule has 0 aromatic carbocycles. The van der Waals surface area contributed by atoms with E-state index in [0.29, 0.717) is 12.5 Å². The van der Waals surface area contributed by atoms with E-state index in [2.05, 4.69) is 10.3 Å². The Morgan fingerprint density at radius 1 is 1.72 bits per heavy atom. The molecule has 2 N–H and O–H groups in total. The van der Waals surface area contributed by atoms with Crippen LogP contribution < -0.4 is 5.32 Å². The van der Waals surface area contributed by atoms with Crippen LogP contribution in [0.5, 0.6) is 0 Å². The molecule has 0 saturated heterocycles. The number of aromatic nitrogens is 1. The van der Waals surface area contributed by atoms with Crippen LogP contribution in [0.2, 0.25) is 0 Å². The number of aliphatic carboxylic acids is 1. The van der Waals surface area contributed by atoms with Gasteiger partial charge in [-0.3, -0.25) is 10.1 Å². The second-order valence-electron chi connectivity index (χ2n) is 4.91. The topological polar surface area (TPSA) is 62.2 Å². The van der Waals surface area contributed by atoms with Crippen LogP contribution in [0.15, 0.2) is 9.72 Å². The highest BCUT2D eigenvalue weighted by Crippen LogP contribution is 2.28. The Labute approximate surface area is 115 Å². The van der Waals surface area contributed by atoms with Crippen LogP contribution in [-0.4, -0.2) is 33.4 Å². The molecule has 0 spiro atoms. The summed E-state index contributed by atoms with van der Waals surface area (Å²) in [6, 6.07) is 0.401. The summed E-state index contributed by atoms with van der Waals surface area (Å²) in [7, 11) is 0. The zero-order chi connectivity index (χ0) is 13.2. The minimum Gasteiger partial charge on any atom is -0.480 e. The van der Waals surface area contributed by atoms with Crippen molar-refractivity contribution in [2.75, 3.05) is 5.75 Å². The Morgan fingerprint density at radius 2 is 2.44 bits per heavy atom. The summed E-state index contributed by atoms with van der Waals surface area (Å²) in [5.41, 5.74) is 0.222. The number of carboxylic acids is 1. The lowest BCUT2D eigenvalue weighted by atomic mass is 9.99. The molecular formula is C12H18N2O2S2. The van der Waals surface area contributed by atoms with Crippen LogP contribution >= 0.6 is 23.1 Å². The zero-order valence-electron chi connectivity index (χ0n) is 10.6. The van der Waals surface area contributed by atoms with E-state index in [0.717, 1.165) is 28.6 Å². The molecule has 6 heteroatoms. The molecule has 100 valence electrons. The van der Waals surface area contributed by atoms with Gasteiger partial charge in [-0.2, -0.15) is 0 Å². The van der Waals surface area contributed by atoms with E-state index in [1.165, 1.54) is 0 Å². The first-order chi connectivity index (χ1) is 8.49. The highest BCUT2D eigenvalue weighted by Gasteiger charge is 2.38. The number of hydrogen-bond acceptors (Lipinski definition) is 5. The van der Waals surface area contributed by atoms with Crippen LogP contribution in [0.1, 0.15) is 31.9 Å². The number of carbonyl (C=O) groups is 1. The van der Waals surface area contributed by atoms with Gasteiger partial charge in [-0.1, -0.05) is 11.8 Å².